The number of hydrogen-bond acceptors (Lipinski definition) is 7. The Morgan fingerprint density at radius 3 is 2.37 bits per heavy atom. The van der Waals surface area contributed by atoms with E-state index in [0.717, 1.165) is 12.3 Å². The van der Waals surface area contributed by atoms with Crippen molar-refractivity contribution >= 4 is 35.0 Å². The highest BCUT2D eigenvalue weighted by atomic mass is 32.2. The molecule has 0 radical (unpaired) electrons. The van der Waals surface area contributed by atoms with Gasteiger partial charge >= 0.3 is 0 Å². The van der Waals surface area contributed by atoms with Gasteiger partial charge in [0.2, 0.25) is 5.91 Å². The third-order valence-corrected chi connectivity index (χ3v) is 6.65. The minimum atomic E-state index is -2.33. The molecule has 0 spiro atoms. The maximum Gasteiger partial charge on any atom is 0.271 e. The molecule has 3 amide bonds. The third kappa shape index (κ3) is 6.22. The van der Waals surface area contributed by atoms with Gasteiger partial charge < -0.3 is 25.0 Å². The van der Waals surface area contributed by atoms with Crippen LogP contribution in [-0.2, 0) is 22.4 Å². The number of likely N-dealkylation sites (tertiary alicyclic amines) is 1. The average Bonchev–Trinajstić information content (AvgIpc) is 2.83. The van der Waals surface area contributed by atoms with Crippen LogP contribution in [0.5, 0.6) is 11.5 Å². The van der Waals surface area contributed by atoms with Crippen LogP contribution >= 0.6 is 0 Å². The van der Waals surface area contributed by atoms with Gasteiger partial charge in [-0.15, -0.1) is 0 Å². The number of hydrogen-bond donors (Lipinski definition) is 5. The van der Waals surface area contributed by atoms with E-state index in [1.165, 1.54) is 36.1 Å². The summed E-state index contributed by atoms with van der Waals surface area (Å²) < 4.78 is 20.2. The summed E-state index contributed by atoms with van der Waals surface area (Å²) in [6.07, 6.45) is 1.55. The van der Waals surface area contributed by atoms with E-state index in [1.54, 1.807) is 12.1 Å². The maximum atomic E-state index is 12.4. The van der Waals surface area contributed by atoms with E-state index < -0.39 is 33.4 Å². The first-order chi connectivity index (χ1) is 16.5. The normalized spacial score (nSPS) is 18.0. The van der Waals surface area contributed by atoms with Gasteiger partial charge in [0.15, 0.2) is 22.6 Å². The smallest absolute Gasteiger partial charge is 0.271 e. The van der Waals surface area contributed by atoms with E-state index in [4.69, 9.17) is 0 Å². The molecular weight excluding hydrogens is 476 g/mol. The van der Waals surface area contributed by atoms with Gasteiger partial charge in [0, 0.05) is 42.9 Å². The van der Waals surface area contributed by atoms with Gasteiger partial charge in [0.05, 0.1) is 0 Å². The fraction of sp³-hybridized carbons (Fsp3) is 0.304. The quantitative estimate of drug-likeness (QED) is 0.113. The van der Waals surface area contributed by atoms with Gasteiger partial charge in [-0.25, -0.2) is 9.63 Å². The highest BCUT2D eigenvalue weighted by molar-refractivity contribution is 7.81. The molecule has 0 aromatic heterocycles. The molecule has 1 fully saturated rings. The average molecular weight is 503 g/mol. The molecule has 0 aliphatic carbocycles. The molecule has 1 aliphatic rings. The van der Waals surface area contributed by atoms with E-state index in [2.05, 4.69) is 15.8 Å². The van der Waals surface area contributed by atoms with Crippen LogP contribution in [-0.4, -0.2) is 65.1 Å². The molecular formula is C23H26N4O7S. The predicted molar refractivity (Wildman–Crippen MR) is 128 cm³/mol. The Hall–Kier alpha value is -3.77. The van der Waals surface area contributed by atoms with Crippen LogP contribution in [0.3, 0.4) is 0 Å². The van der Waals surface area contributed by atoms with Crippen molar-refractivity contribution in [2.45, 2.75) is 37.6 Å². The lowest BCUT2D eigenvalue weighted by Gasteiger charge is -2.41. The Morgan fingerprint density at radius 2 is 1.80 bits per heavy atom. The monoisotopic (exact) mass is 502 g/mol. The lowest BCUT2D eigenvalue weighted by Crippen LogP contribution is -2.57. The summed E-state index contributed by atoms with van der Waals surface area (Å²) >= 11 is -2.33. The van der Waals surface area contributed by atoms with Crippen molar-refractivity contribution in [1.29, 1.82) is 0 Å². The van der Waals surface area contributed by atoms with Crippen molar-refractivity contribution in [2.24, 2.45) is 5.10 Å². The number of aromatic hydroxyl groups is 2. The van der Waals surface area contributed by atoms with Crippen molar-refractivity contribution in [3.05, 3.63) is 59.2 Å². The Balaban J connectivity index is 1.54. The molecule has 1 aliphatic heterocycles. The Bertz CT molecular complexity index is 1180. The summed E-state index contributed by atoms with van der Waals surface area (Å²) in [6.45, 7) is 3.47. The van der Waals surface area contributed by atoms with E-state index in [9.17, 15) is 33.4 Å². The molecule has 0 bridgehead atoms. The first-order valence-corrected chi connectivity index (χ1v) is 11.7. The number of hydrazone groups is 1. The van der Waals surface area contributed by atoms with Crippen LogP contribution in [0, 0.1) is 0 Å². The number of carbonyl (C=O) groups excluding carboxylic acids is 3. The number of carbonyl (C=O) groups is 3. The second kappa shape index (κ2) is 10.7. The van der Waals surface area contributed by atoms with Crippen molar-refractivity contribution in [2.75, 3.05) is 6.54 Å². The lowest BCUT2D eigenvalue weighted by atomic mass is 10.0. The number of phenolic OH excluding ortho intramolecular Hbond substituents is 2. The van der Waals surface area contributed by atoms with Crippen molar-refractivity contribution < 1.29 is 33.4 Å². The van der Waals surface area contributed by atoms with Crippen LogP contribution in [0.15, 0.2) is 47.6 Å². The molecule has 3 rings (SSSR count). The van der Waals surface area contributed by atoms with E-state index in [1.807, 2.05) is 6.92 Å². The molecule has 2 aromatic carbocycles. The largest absolute Gasteiger partial charge is 0.504 e. The van der Waals surface area contributed by atoms with Crippen LogP contribution in [0.25, 0.3) is 0 Å². The summed E-state index contributed by atoms with van der Waals surface area (Å²) in [7, 11) is 0. The fourth-order valence-electron chi connectivity index (χ4n) is 3.35. The van der Waals surface area contributed by atoms with Gasteiger partial charge in [-0.1, -0.05) is 12.1 Å². The zero-order chi connectivity index (χ0) is 25.8. The number of benzene rings is 2. The molecule has 186 valence electrons. The van der Waals surface area contributed by atoms with Crippen molar-refractivity contribution in [3.63, 3.8) is 0 Å². The van der Waals surface area contributed by atoms with Gasteiger partial charge in [-0.2, -0.15) is 5.10 Å². The Labute approximate surface area is 204 Å². The van der Waals surface area contributed by atoms with Gasteiger partial charge in [-0.3, -0.25) is 14.4 Å². The molecule has 35 heavy (non-hydrogen) atoms. The zero-order valence-corrected chi connectivity index (χ0v) is 19.9. The summed E-state index contributed by atoms with van der Waals surface area (Å²) in [6, 6.07) is 10.0. The number of rotatable bonds is 9. The molecule has 2 aromatic rings. The van der Waals surface area contributed by atoms with Crippen LogP contribution in [0.4, 0.5) is 0 Å². The van der Waals surface area contributed by atoms with E-state index >= 15 is 0 Å². The molecule has 11 nitrogen and oxygen atoms in total. The number of nitrogens with one attached hydrogen (secondary N) is 2. The standard InChI is InChI=1S/C23H26N4O7S/c1-14-9-20(30)27(14)13-23(2,35(33)34)12-25-26-22(32)16-5-3-15(4-6-16)11-24-21(31)17-7-8-18(28)19(29)10-17/h3-8,10,12,14,28-29H,9,11,13H2,1-2H3,(H,24,31)(H,26,32)(H,33,34)/b25-12+/t14-,23+/m1/s1. The fourth-order valence-corrected chi connectivity index (χ4v) is 3.74. The molecule has 1 heterocycles. The minimum Gasteiger partial charge on any atom is -0.504 e. The first-order valence-electron chi connectivity index (χ1n) is 10.6. The molecule has 12 heteroatoms. The SMILES string of the molecule is C[C@@H]1CC(=O)N1C[C@](C)(/C=N/NC(=O)c1ccc(CNC(=O)c2ccc(O)c(O)c2)cc1)S(=O)O. The highest BCUT2D eigenvalue weighted by Crippen LogP contribution is 2.25. The second-order valence-corrected chi connectivity index (χ2v) is 9.85. The lowest BCUT2D eigenvalue weighted by molar-refractivity contribution is -0.145. The summed E-state index contributed by atoms with van der Waals surface area (Å²) in [5.74, 6) is -1.82. The molecule has 3 atom stereocenters. The number of nitrogens with zero attached hydrogens (tertiary/aromatic N) is 2. The Morgan fingerprint density at radius 1 is 1.14 bits per heavy atom. The number of phenols is 2. The zero-order valence-electron chi connectivity index (χ0n) is 19.1. The predicted octanol–water partition coefficient (Wildman–Crippen LogP) is 1.34. The van der Waals surface area contributed by atoms with Gasteiger partial charge in [0.1, 0.15) is 4.75 Å². The van der Waals surface area contributed by atoms with Gasteiger partial charge in [-0.05, 0) is 49.7 Å². The molecule has 0 saturated carbocycles. The third-order valence-electron chi connectivity index (χ3n) is 5.62. The number of amides is 3. The first kappa shape index (κ1) is 25.8. The van der Waals surface area contributed by atoms with E-state index in [0.29, 0.717) is 12.0 Å². The van der Waals surface area contributed by atoms with Gasteiger partial charge in [0.25, 0.3) is 11.8 Å². The number of β-lactam (4-membered cyclic amide) rings is 1. The Kier molecular flexibility index (Phi) is 7.87. The summed E-state index contributed by atoms with van der Waals surface area (Å²) in [4.78, 5) is 37.8. The molecule has 1 saturated heterocycles. The summed E-state index contributed by atoms with van der Waals surface area (Å²) in [5, 5.41) is 25.3. The summed E-state index contributed by atoms with van der Waals surface area (Å²) in [5.41, 5.74) is 3.47. The van der Waals surface area contributed by atoms with Crippen LogP contribution in [0.2, 0.25) is 0 Å². The van der Waals surface area contributed by atoms with Crippen LogP contribution in [0.1, 0.15) is 46.5 Å². The molecule has 1 unspecified atom stereocenters. The molecule has 5 N–H and O–H groups in total. The minimum absolute atomic E-state index is 0.000337. The highest BCUT2D eigenvalue weighted by Gasteiger charge is 2.40. The maximum absolute atomic E-state index is 12.4. The van der Waals surface area contributed by atoms with Crippen LogP contribution < -0.4 is 10.7 Å². The topological polar surface area (TPSA) is 169 Å². The van der Waals surface area contributed by atoms with Crippen molar-refractivity contribution in [1.82, 2.24) is 15.6 Å². The van der Waals surface area contributed by atoms with Crippen molar-refractivity contribution in [3.8, 4) is 11.5 Å². The second-order valence-electron chi connectivity index (χ2n) is 8.42. The van der Waals surface area contributed by atoms with E-state index in [-0.39, 0.29) is 41.9 Å².